The molecule has 7 nitrogen and oxygen atoms in total. The van der Waals surface area contributed by atoms with Crippen molar-refractivity contribution in [3.05, 3.63) is 59.9 Å². The van der Waals surface area contributed by atoms with Gasteiger partial charge in [-0.25, -0.2) is 18.7 Å². The highest BCUT2D eigenvalue weighted by Gasteiger charge is 2.31. The number of alkyl halides is 3. The molecule has 160 valence electrons. The van der Waals surface area contributed by atoms with Crippen LogP contribution in [0.3, 0.4) is 0 Å². The first-order chi connectivity index (χ1) is 14.6. The molecule has 0 saturated carbocycles. The maximum absolute atomic E-state index is 14.5. The van der Waals surface area contributed by atoms with Crippen molar-refractivity contribution in [3.63, 3.8) is 0 Å². The maximum atomic E-state index is 14.5. The Morgan fingerprint density at radius 2 is 1.71 bits per heavy atom. The first kappa shape index (κ1) is 20.4. The van der Waals surface area contributed by atoms with Gasteiger partial charge in [0.05, 0.1) is 11.6 Å². The monoisotopic (exact) mass is 440 g/mol. The number of halogens is 6. The standard InChI is InChI=1S/C18H10F6N6O/c1-8-12(19)14(21)29-17(13(8)20)30-16-11(6-27-30)15(25-7-26-16)28-9-2-4-10(5-3-9)31-18(22,23)24/h2-7H,1H3,(H,25,26,28). The molecular formula is C18H10F6N6O. The molecule has 0 spiro atoms. The molecule has 0 atom stereocenters. The lowest BCUT2D eigenvalue weighted by Crippen LogP contribution is -2.16. The van der Waals surface area contributed by atoms with Crippen LogP contribution in [0.4, 0.5) is 37.8 Å². The average molecular weight is 440 g/mol. The number of benzene rings is 1. The topological polar surface area (TPSA) is 77.8 Å². The molecule has 0 aliphatic rings. The summed E-state index contributed by atoms with van der Waals surface area (Å²) in [5.74, 6) is -4.84. The second-order valence-corrected chi connectivity index (χ2v) is 6.19. The zero-order chi connectivity index (χ0) is 22.3. The van der Waals surface area contributed by atoms with Gasteiger partial charge in [-0.15, -0.1) is 13.2 Å². The minimum Gasteiger partial charge on any atom is -0.406 e. The van der Waals surface area contributed by atoms with E-state index in [0.29, 0.717) is 5.69 Å². The number of rotatable bonds is 4. The first-order valence-electron chi connectivity index (χ1n) is 8.47. The molecule has 31 heavy (non-hydrogen) atoms. The molecule has 3 heterocycles. The van der Waals surface area contributed by atoms with Crippen molar-refractivity contribution in [2.24, 2.45) is 0 Å². The second kappa shape index (κ2) is 7.41. The summed E-state index contributed by atoms with van der Waals surface area (Å²) in [6, 6.07) is 4.83. The number of nitrogens with zero attached hydrogens (tertiary/aromatic N) is 5. The second-order valence-electron chi connectivity index (χ2n) is 6.19. The van der Waals surface area contributed by atoms with Crippen LogP contribution < -0.4 is 10.1 Å². The molecule has 0 aliphatic heterocycles. The summed E-state index contributed by atoms with van der Waals surface area (Å²) >= 11 is 0. The van der Waals surface area contributed by atoms with E-state index in [1.165, 1.54) is 18.3 Å². The van der Waals surface area contributed by atoms with Crippen molar-refractivity contribution in [1.82, 2.24) is 24.7 Å². The highest BCUT2D eigenvalue weighted by molar-refractivity contribution is 5.88. The summed E-state index contributed by atoms with van der Waals surface area (Å²) in [6.07, 6.45) is -2.46. The van der Waals surface area contributed by atoms with Gasteiger partial charge >= 0.3 is 6.36 Å². The van der Waals surface area contributed by atoms with Crippen LogP contribution in [0, 0.1) is 24.5 Å². The Morgan fingerprint density at radius 1 is 1.00 bits per heavy atom. The zero-order valence-electron chi connectivity index (χ0n) is 15.4. The van der Waals surface area contributed by atoms with E-state index in [-0.39, 0.29) is 16.9 Å². The minimum atomic E-state index is -4.82. The Hall–Kier alpha value is -3.90. The SMILES string of the molecule is Cc1c(F)c(F)nc(-n2ncc3c(Nc4ccc(OC(F)(F)F)cc4)ncnc32)c1F. The smallest absolute Gasteiger partial charge is 0.406 e. The molecule has 13 heteroatoms. The Bertz CT molecular complexity index is 1270. The number of aromatic nitrogens is 5. The third-order valence-electron chi connectivity index (χ3n) is 4.16. The van der Waals surface area contributed by atoms with Crippen LogP contribution in [-0.2, 0) is 0 Å². The summed E-state index contributed by atoms with van der Waals surface area (Å²) in [7, 11) is 0. The lowest BCUT2D eigenvalue weighted by atomic mass is 10.2. The van der Waals surface area contributed by atoms with E-state index in [2.05, 4.69) is 30.1 Å². The fourth-order valence-electron chi connectivity index (χ4n) is 2.73. The number of pyridine rings is 1. The number of ether oxygens (including phenoxy) is 1. The number of anilines is 2. The molecule has 1 aromatic carbocycles. The molecule has 0 bridgehead atoms. The molecule has 0 radical (unpaired) electrons. The number of hydrogen-bond donors (Lipinski definition) is 1. The van der Waals surface area contributed by atoms with Gasteiger partial charge in [0.15, 0.2) is 23.1 Å². The predicted molar refractivity (Wildman–Crippen MR) is 95.5 cm³/mol. The quantitative estimate of drug-likeness (QED) is 0.370. The van der Waals surface area contributed by atoms with Gasteiger partial charge in [0.2, 0.25) is 0 Å². The van der Waals surface area contributed by atoms with E-state index < -0.39 is 41.1 Å². The van der Waals surface area contributed by atoms with Gasteiger partial charge in [0, 0.05) is 11.3 Å². The fraction of sp³-hybridized carbons (Fsp3) is 0.111. The summed E-state index contributed by atoms with van der Waals surface area (Å²) < 4.78 is 83.2. The van der Waals surface area contributed by atoms with Crippen molar-refractivity contribution < 1.29 is 31.1 Å². The van der Waals surface area contributed by atoms with Crippen molar-refractivity contribution in [2.45, 2.75) is 13.3 Å². The van der Waals surface area contributed by atoms with Gasteiger partial charge in [-0.2, -0.15) is 19.2 Å². The Kier molecular flexibility index (Phi) is 4.87. The van der Waals surface area contributed by atoms with Gasteiger partial charge in [-0.05, 0) is 31.2 Å². The van der Waals surface area contributed by atoms with Gasteiger partial charge in [0.25, 0.3) is 5.95 Å². The lowest BCUT2D eigenvalue weighted by Gasteiger charge is -2.10. The highest BCUT2D eigenvalue weighted by Crippen LogP contribution is 2.28. The van der Waals surface area contributed by atoms with E-state index in [1.54, 1.807) is 0 Å². The van der Waals surface area contributed by atoms with Gasteiger partial charge in [0.1, 0.15) is 17.9 Å². The van der Waals surface area contributed by atoms with Crippen molar-refractivity contribution >= 4 is 22.5 Å². The molecule has 4 rings (SSSR count). The number of nitrogens with one attached hydrogen (secondary N) is 1. The van der Waals surface area contributed by atoms with Crippen LogP contribution in [0.15, 0.2) is 36.8 Å². The predicted octanol–water partition coefficient (Wildman–Crippen LogP) is 4.58. The van der Waals surface area contributed by atoms with Crippen LogP contribution in [0.1, 0.15) is 5.56 Å². The van der Waals surface area contributed by atoms with Crippen LogP contribution in [0.5, 0.6) is 5.75 Å². The maximum Gasteiger partial charge on any atom is 0.573 e. The molecule has 1 N–H and O–H groups in total. The Balaban J connectivity index is 1.69. The third-order valence-corrected chi connectivity index (χ3v) is 4.16. The average Bonchev–Trinajstić information content (AvgIpc) is 3.14. The Morgan fingerprint density at radius 3 is 2.39 bits per heavy atom. The zero-order valence-corrected chi connectivity index (χ0v) is 15.4. The van der Waals surface area contributed by atoms with Crippen molar-refractivity contribution in [1.29, 1.82) is 0 Å². The molecular weight excluding hydrogens is 430 g/mol. The lowest BCUT2D eigenvalue weighted by molar-refractivity contribution is -0.274. The van der Waals surface area contributed by atoms with Crippen LogP contribution in [0.2, 0.25) is 0 Å². The molecule has 3 aromatic heterocycles. The summed E-state index contributed by atoms with van der Waals surface area (Å²) in [6.45, 7) is 1.05. The third kappa shape index (κ3) is 3.93. The summed E-state index contributed by atoms with van der Waals surface area (Å²) in [5, 5.41) is 7.06. The molecule has 0 fully saturated rings. The summed E-state index contributed by atoms with van der Waals surface area (Å²) in [4.78, 5) is 11.3. The van der Waals surface area contributed by atoms with Crippen LogP contribution in [-0.4, -0.2) is 31.1 Å². The van der Waals surface area contributed by atoms with E-state index in [0.717, 1.165) is 30.1 Å². The summed E-state index contributed by atoms with van der Waals surface area (Å²) in [5.41, 5.74) is -0.179. The van der Waals surface area contributed by atoms with Gasteiger partial charge in [-0.3, -0.25) is 0 Å². The Labute approximate surface area is 169 Å². The van der Waals surface area contributed by atoms with E-state index in [1.807, 2.05) is 0 Å². The fourth-order valence-corrected chi connectivity index (χ4v) is 2.73. The van der Waals surface area contributed by atoms with Gasteiger partial charge in [-0.1, -0.05) is 0 Å². The molecule has 4 aromatic rings. The van der Waals surface area contributed by atoms with Crippen LogP contribution in [0.25, 0.3) is 16.9 Å². The van der Waals surface area contributed by atoms with Crippen molar-refractivity contribution in [3.8, 4) is 11.6 Å². The van der Waals surface area contributed by atoms with Gasteiger partial charge < -0.3 is 10.1 Å². The molecule has 0 saturated heterocycles. The largest absolute Gasteiger partial charge is 0.573 e. The van der Waals surface area contributed by atoms with E-state index in [9.17, 15) is 26.3 Å². The van der Waals surface area contributed by atoms with Crippen LogP contribution >= 0.6 is 0 Å². The van der Waals surface area contributed by atoms with Crippen molar-refractivity contribution in [2.75, 3.05) is 5.32 Å². The molecule has 0 amide bonds. The molecule has 0 aliphatic carbocycles. The molecule has 0 unspecified atom stereocenters. The van der Waals surface area contributed by atoms with E-state index >= 15 is 0 Å². The number of hydrogen-bond acceptors (Lipinski definition) is 6. The number of fused-ring (bicyclic) bond motifs is 1. The normalized spacial score (nSPS) is 11.7. The highest BCUT2D eigenvalue weighted by atomic mass is 19.4. The first-order valence-corrected chi connectivity index (χ1v) is 8.47. The van der Waals surface area contributed by atoms with E-state index in [4.69, 9.17) is 0 Å². The minimum absolute atomic E-state index is 0.0336.